The van der Waals surface area contributed by atoms with E-state index in [0.29, 0.717) is 24.6 Å². The zero-order valence-electron chi connectivity index (χ0n) is 14.7. The minimum absolute atomic E-state index is 0.0811. The third-order valence-electron chi connectivity index (χ3n) is 4.51. The zero-order valence-corrected chi connectivity index (χ0v) is 14.7. The molecular weight excluding hydrogens is 308 g/mol. The molecule has 0 aromatic carbocycles. The van der Waals surface area contributed by atoms with E-state index in [1.165, 1.54) is 0 Å². The normalized spacial score (nSPS) is 17.9. The number of methoxy groups -OCH3 is 1. The van der Waals surface area contributed by atoms with Crippen LogP contribution in [0.4, 0.5) is 0 Å². The number of nitrogens with zero attached hydrogens (tertiary/aromatic N) is 4. The van der Waals surface area contributed by atoms with Crippen LogP contribution in [0.2, 0.25) is 0 Å². The van der Waals surface area contributed by atoms with Crippen molar-refractivity contribution in [3.05, 3.63) is 35.2 Å². The highest BCUT2D eigenvalue weighted by Gasteiger charge is 2.35. The van der Waals surface area contributed by atoms with Gasteiger partial charge in [-0.15, -0.1) is 0 Å². The summed E-state index contributed by atoms with van der Waals surface area (Å²) in [5, 5.41) is 4.00. The number of amides is 1. The minimum Gasteiger partial charge on any atom is -0.380 e. The van der Waals surface area contributed by atoms with Gasteiger partial charge < -0.3 is 18.7 Å². The van der Waals surface area contributed by atoms with Crippen molar-refractivity contribution in [2.75, 3.05) is 13.7 Å². The number of hydrogen-bond acceptors (Lipinski definition) is 5. The fraction of sp³-hybridized carbons (Fsp3) is 0.588. The van der Waals surface area contributed by atoms with E-state index in [2.05, 4.69) is 28.6 Å². The lowest BCUT2D eigenvalue weighted by molar-refractivity contribution is 0.0607. The minimum atomic E-state index is -0.117. The van der Waals surface area contributed by atoms with E-state index < -0.39 is 0 Å². The van der Waals surface area contributed by atoms with Crippen molar-refractivity contribution in [2.45, 2.75) is 46.4 Å². The fourth-order valence-electron chi connectivity index (χ4n) is 3.36. The quantitative estimate of drug-likeness (QED) is 0.860. The third-order valence-corrected chi connectivity index (χ3v) is 4.51. The second kappa shape index (κ2) is 6.76. The first-order valence-corrected chi connectivity index (χ1v) is 8.30. The van der Waals surface area contributed by atoms with Crippen LogP contribution in [-0.4, -0.2) is 39.2 Å². The van der Waals surface area contributed by atoms with Crippen LogP contribution >= 0.6 is 0 Å². The second-order valence-corrected chi connectivity index (χ2v) is 6.52. The van der Waals surface area contributed by atoms with Gasteiger partial charge in [-0.25, -0.2) is 4.98 Å². The van der Waals surface area contributed by atoms with Crippen molar-refractivity contribution in [1.29, 1.82) is 0 Å². The number of ether oxygens (including phenoxy) is 1. The number of rotatable bonds is 4. The molecule has 0 spiro atoms. The first-order valence-electron chi connectivity index (χ1n) is 8.30. The SMILES string of the molecule is COCc1c(C(=O)N2CCCn3ccnc3C2C(C)C)noc1C. The van der Waals surface area contributed by atoms with Crippen LogP contribution in [0.5, 0.6) is 0 Å². The lowest BCUT2D eigenvalue weighted by Gasteiger charge is -2.31. The maximum Gasteiger partial charge on any atom is 0.277 e. The first kappa shape index (κ1) is 16.7. The summed E-state index contributed by atoms with van der Waals surface area (Å²) >= 11 is 0. The van der Waals surface area contributed by atoms with Gasteiger partial charge in [0.1, 0.15) is 11.6 Å². The molecule has 1 unspecified atom stereocenters. The summed E-state index contributed by atoms with van der Waals surface area (Å²) in [6.45, 7) is 7.87. The summed E-state index contributed by atoms with van der Waals surface area (Å²) in [5.74, 6) is 1.68. The molecule has 1 amide bonds. The summed E-state index contributed by atoms with van der Waals surface area (Å²) in [5.41, 5.74) is 1.07. The van der Waals surface area contributed by atoms with Crippen LogP contribution in [0.3, 0.4) is 0 Å². The summed E-state index contributed by atoms with van der Waals surface area (Å²) < 4.78 is 12.6. The van der Waals surface area contributed by atoms with E-state index in [4.69, 9.17) is 9.26 Å². The van der Waals surface area contributed by atoms with Crippen molar-refractivity contribution in [1.82, 2.24) is 19.6 Å². The van der Waals surface area contributed by atoms with Gasteiger partial charge in [0.2, 0.25) is 0 Å². The zero-order chi connectivity index (χ0) is 17.3. The molecule has 0 bridgehead atoms. The molecule has 1 aliphatic heterocycles. The van der Waals surface area contributed by atoms with Crippen molar-refractivity contribution in [3.8, 4) is 0 Å². The topological polar surface area (TPSA) is 73.4 Å². The smallest absolute Gasteiger partial charge is 0.277 e. The Labute approximate surface area is 141 Å². The third kappa shape index (κ3) is 2.84. The number of hydrogen-bond donors (Lipinski definition) is 0. The Bertz CT molecular complexity index is 719. The average molecular weight is 332 g/mol. The van der Waals surface area contributed by atoms with Crippen LogP contribution in [-0.2, 0) is 17.9 Å². The molecule has 3 heterocycles. The number of aromatic nitrogens is 3. The van der Waals surface area contributed by atoms with Gasteiger partial charge >= 0.3 is 0 Å². The van der Waals surface area contributed by atoms with E-state index in [0.717, 1.165) is 24.4 Å². The Kier molecular flexibility index (Phi) is 4.71. The van der Waals surface area contributed by atoms with Crippen LogP contribution in [0.15, 0.2) is 16.9 Å². The molecule has 2 aromatic rings. The molecule has 1 aliphatic rings. The van der Waals surface area contributed by atoms with Gasteiger partial charge in [-0.1, -0.05) is 19.0 Å². The highest BCUT2D eigenvalue weighted by Crippen LogP contribution is 2.32. The van der Waals surface area contributed by atoms with Gasteiger partial charge in [0.15, 0.2) is 5.69 Å². The van der Waals surface area contributed by atoms with Gasteiger partial charge in [0.25, 0.3) is 5.91 Å². The molecule has 24 heavy (non-hydrogen) atoms. The Morgan fingerprint density at radius 3 is 2.96 bits per heavy atom. The Morgan fingerprint density at radius 1 is 1.46 bits per heavy atom. The summed E-state index contributed by atoms with van der Waals surface area (Å²) in [7, 11) is 1.60. The van der Waals surface area contributed by atoms with Crippen LogP contribution in [0.1, 0.15) is 53.9 Å². The van der Waals surface area contributed by atoms with Gasteiger partial charge in [-0.2, -0.15) is 0 Å². The van der Waals surface area contributed by atoms with Crippen LogP contribution < -0.4 is 0 Å². The van der Waals surface area contributed by atoms with E-state index >= 15 is 0 Å². The van der Waals surface area contributed by atoms with E-state index in [9.17, 15) is 4.79 Å². The lowest BCUT2D eigenvalue weighted by atomic mass is 10.0. The van der Waals surface area contributed by atoms with Crippen molar-refractivity contribution in [3.63, 3.8) is 0 Å². The van der Waals surface area contributed by atoms with Gasteiger partial charge in [0.05, 0.1) is 18.2 Å². The molecule has 1 atom stereocenters. The molecule has 0 saturated heterocycles. The first-order chi connectivity index (χ1) is 11.5. The number of aryl methyl sites for hydroxylation is 2. The van der Waals surface area contributed by atoms with Crippen molar-refractivity contribution >= 4 is 5.91 Å². The van der Waals surface area contributed by atoms with Crippen LogP contribution in [0.25, 0.3) is 0 Å². The van der Waals surface area contributed by atoms with Crippen molar-refractivity contribution < 1.29 is 14.1 Å². The second-order valence-electron chi connectivity index (χ2n) is 6.52. The Hall–Kier alpha value is -2.15. The lowest BCUT2D eigenvalue weighted by Crippen LogP contribution is -2.38. The number of imidazole rings is 1. The summed E-state index contributed by atoms with van der Waals surface area (Å²) in [6.07, 6.45) is 4.67. The van der Waals surface area contributed by atoms with Gasteiger partial charge in [-0.3, -0.25) is 4.79 Å². The van der Waals surface area contributed by atoms with Crippen molar-refractivity contribution in [2.24, 2.45) is 5.92 Å². The van der Waals surface area contributed by atoms with E-state index in [1.54, 1.807) is 20.2 Å². The van der Waals surface area contributed by atoms with Crippen LogP contribution in [0, 0.1) is 12.8 Å². The number of fused-ring (bicyclic) bond motifs is 1. The predicted molar refractivity (Wildman–Crippen MR) is 87.4 cm³/mol. The molecule has 0 N–H and O–H groups in total. The van der Waals surface area contributed by atoms with Gasteiger partial charge in [0, 0.05) is 32.6 Å². The molecule has 0 fully saturated rings. The molecule has 7 heteroatoms. The fourth-order valence-corrected chi connectivity index (χ4v) is 3.36. The summed E-state index contributed by atoms with van der Waals surface area (Å²) in [6, 6.07) is -0.0811. The summed E-state index contributed by atoms with van der Waals surface area (Å²) in [4.78, 5) is 19.6. The molecule has 130 valence electrons. The maximum atomic E-state index is 13.2. The molecule has 0 saturated carbocycles. The maximum absolute atomic E-state index is 13.2. The largest absolute Gasteiger partial charge is 0.380 e. The Balaban J connectivity index is 1.99. The highest BCUT2D eigenvalue weighted by atomic mass is 16.5. The predicted octanol–water partition coefficient (Wildman–Crippen LogP) is 2.57. The Morgan fingerprint density at radius 2 is 2.25 bits per heavy atom. The monoisotopic (exact) mass is 332 g/mol. The molecule has 7 nitrogen and oxygen atoms in total. The average Bonchev–Trinajstić information content (AvgIpc) is 3.09. The van der Waals surface area contributed by atoms with Gasteiger partial charge in [-0.05, 0) is 19.3 Å². The van der Waals surface area contributed by atoms with E-state index in [1.807, 2.05) is 11.1 Å². The van der Waals surface area contributed by atoms with E-state index in [-0.39, 0.29) is 17.9 Å². The molecule has 2 aromatic heterocycles. The molecular formula is C17H24N4O3. The molecule has 0 aliphatic carbocycles. The number of carbonyl (C=O) groups excluding carboxylic acids is 1. The molecule has 3 rings (SSSR count). The number of carbonyl (C=O) groups is 1. The standard InChI is InChI=1S/C17H24N4O3/c1-11(2)15-16-18-6-9-20(16)7-5-8-21(15)17(22)14-13(10-23-4)12(3)24-19-14/h6,9,11,15H,5,7-8,10H2,1-4H3. The molecule has 0 radical (unpaired) electrons. The highest BCUT2D eigenvalue weighted by molar-refractivity contribution is 5.94.